The summed E-state index contributed by atoms with van der Waals surface area (Å²) in [5, 5.41) is 8.33. The number of hydrogen-bond donors (Lipinski definition) is 0. The molecule has 0 radical (unpaired) electrons. The average Bonchev–Trinajstić information content (AvgIpc) is 3.68. The second-order valence-corrected chi connectivity index (χ2v) is 14.5. The molecule has 0 amide bonds. The van der Waals surface area contributed by atoms with Crippen LogP contribution in [0.3, 0.4) is 0 Å². The maximum Gasteiger partial charge on any atom is 0.235 e. The fraction of sp³-hybridized carbons (Fsp3) is 0.0612. The first-order chi connectivity index (χ1) is 25.6. The van der Waals surface area contributed by atoms with Crippen molar-refractivity contribution in [1.82, 2.24) is 14.5 Å². The maximum atomic E-state index is 5.52. The predicted molar refractivity (Wildman–Crippen MR) is 217 cm³/mol. The van der Waals surface area contributed by atoms with Crippen LogP contribution >= 0.6 is 0 Å². The molecular formula is C49H33N3. The first-order valence-electron chi connectivity index (χ1n) is 18.0. The van der Waals surface area contributed by atoms with Gasteiger partial charge >= 0.3 is 0 Å². The minimum absolute atomic E-state index is 0.180. The van der Waals surface area contributed by atoms with Gasteiger partial charge in [0.1, 0.15) is 0 Å². The quantitative estimate of drug-likeness (QED) is 0.176. The lowest BCUT2D eigenvalue weighted by Crippen LogP contribution is -2.16. The van der Waals surface area contributed by atoms with Crippen LogP contribution in [0.15, 0.2) is 164 Å². The third-order valence-electron chi connectivity index (χ3n) is 11.4. The minimum Gasteiger partial charge on any atom is -0.277 e. The lowest BCUT2D eigenvalue weighted by atomic mass is 9.78. The Labute approximate surface area is 301 Å². The number of aromatic nitrogens is 3. The molecular weight excluding hydrogens is 631 g/mol. The summed E-state index contributed by atoms with van der Waals surface area (Å²) in [6.45, 7) is 4.74. The van der Waals surface area contributed by atoms with Crippen molar-refractivity contribution in [2.24, 2.45) is 0 Å². The van der Waals surface area contributed by atoms with Crippen LogP contribution in [-0.2, 0) is 5.41 Å². The highest BCUT2D eigenvalue weighted by Crippen LogP contribution is 2.53. The summed E-state index contributed by atoms with van der Waals surface area (Å²) >= 11 is 0. The van der Waals surface area contributed by atoms with E-state index in [4.69, 9.17) is 9.97 Å². The molecule has 244 valence electrons. The SMILES string of the molecule is CC1(C)c2ccccc2-c2cccc(-c3cccc4c5c6ccccc6c6ccccc6c5n(-c5nc(-c6ccccc6)c6ccccc6n5)c34)c21. The van der Waals surface area contributed by atoms with E-state index < -0.39 is 0 Å². The molecule has 2 heterocycles. The summed E-state index contributed by atoms with van der Waals surface area (Å²) in [4.78, 5) is 10.9. The third-order valence-corrected chi connectivity index (χ3v) is 11.4. The molecule has 8 aromatic carbocycles. The van der Waals surface area contributed by atoms with Gasteiger partial charge in [-0.05, 0) is 50.0 Å². The molecule has 3 heteroatoms. The van der Waals surface area contributed by atoms with E-state index in [2.05, 4.69) is 182 Å². The molecule has 10 aromatic rings. The summed E-state index contributed by atoms with van der Waals surface area (Å²) in [5.74, 6) is 0.667. The topological polar surface area (TPSA) is 30.7 Å². The minimum atomic E-state index is -0.180. The van der Waals surface area contributed by atoms with Crippen molar-refractivity contribution in [3.05, 3.63) is 175 Å². The molecule has 0 saturated carbocycles. The zero-order chi connectivity index (χ0) is 34.6. The summed E-state index contributed by atoms with van der Waals surface area (Å²) in [5.41, 5.74) is 12.8. The molecule has 11 rings (SSSR count). The highest BCUT2D eigenvalue weighted by Gasteiger charge is 2.38. The Morgan fingerprint density at radius 2 is 0.981 bits per heavy atom. The van der Waals surface area contributed by atoms with Crippen molar-refractivity contribution >= 4 is 54.3 Å². The maximum absolute atomic E-state index is 5.52. The molecule has 0 unspecified atom stereocenters. The van der Waals surface area contributed by atoms with Crippen molar-refractivity contribution in [3.63, 3.8) is 0 Å². The number of nitrogens with zero attached hydrogens (tertiary/aromatic N) is 3. The molecule has 0 spiro atoms. The van der Waals surface area contributed by atoms with E-state index >= 15 is 0 Å². The van der Waals surface area contributed by atoms with Gasteiger partial charge in [0.05, 0.1) is 22.2 Å². The van der Waals surface area contributed by atoms with E-state index in [0.717, 1.165) is 33.2 Å². The molecule has 2 aromatic heterocycles. The van der Waals surface area contributed by atoms with E-state index in [9.17, 15) is 0 Å². The van der Waals surface area contributed by atoms with Crippen LogP contribution in [0.1, 0.15) is 25.0 Å². The molecule has 0 bridgehead atoms. The highest BCUT2D eigenvalue weighted by molar-refractivity contribution is 6.33. The van der Waals surface area contributed by atoms with Crippen LogP contribution in [0.25, 0.3) is 93.7 Å². The molecule has 0 atom stereocenters. The molecule has 0 aliphatic heterocycles. The van der Waals surface area contributed by atoms with Gasteiger partial charge in [-0.1, -0.05) is 172 Å². The Morgan fingerprint density at radius 1 is 0.423 bits per heavy atom. The lowest BCUT2D eigenvalue weighted by molar-refractivity contribution is 0.662. The second kappa shape index (κ2) is 10.7. The van der Waals surface area contributed by atoms with E-state index in [1.807, 2.05) is 0 Å². The Balaban J connectivity index is 1.36. The van der Waals surface area contributed by atoms with Crippen LogP contribution < -0.4 is 0 Å². The van der Waals surface area contributed by atoms with Crippen LogP contribution in [0.2, 0.25) is 0 Å². The van der Waals surface area contributed by atoms with E-state index in [1.165, 1.54) is 65.7 Å². The summed E-state index contributed by atoms with van der Waals surface area (Å²) in [6, 6.07) is 59.1. The van der Waals surface area contributed by atoms with Crippen molar-refractivity contribution in [3.8, 4) is 39.5 Å². The molecule has 52 heavy (non-hydrogen) atoms. The molecule has 1 aliphatic rings. The van der Waals surface area contributed by atoms with Crippen LogP contribution in [-0.4, -0.2) is 14.5 Å². The Morgan fingerprint density at radius 3 is 1.79 bits per heavy atom. The van der Waals surface area contributed by atoms with E-state index in [0.29, 0.717) is 5.95 Å². The van der Waals surface area contributed by atoms with Gasteiger partial charge in [0.25, 0.3) is 0 Å². The number of fused-ring (bicyclic) bond motifs is 12. The van der Waals surface area contributed by atoms with Gasteiger partial charge in [-0.2, -0.15) is 0 Å². The number of rotatable bonds is 3. The fourth-order valence-corrected chi connectivity index (χ4v) is 9.20. The first-order valence-corrected chi connectivity index (χ1v) is 18.0. The fourth-order valence-electron chi connectivity index (χ4n) is 9.20. The number of para-hydroxylation sites is 2. The van der Waals surface area contributed by atoms with Crippen LogP contribution in [0, 0.1) is 0 Å². The molecule has 3 nitrogen and oxygen atoms in total. The molecule has 1 aliphatic carbocycles. The van der Waals surface area contributed by atoms with Gasteiger partial charge in [-0.3, -0.25) is 4.57 Å². The Hall–Kier alpha value is -6.58. The smallest absolute Gasteiger partial charge is 0.235 e. The lowest BCUT2D eigenvalue weighted by Gasteiger charge is -2.25. The van der Waals surface area contributed by atoms with E-state index in [1.54, 1.807) is 0 Å². The van der Waals surface area contributed by atoms with Crippen molar-refractivity contribution < 1.29 is 0 Å². The number of benzene rings is 8. The van der Waals surface area contributed by atoms with Crippen LogP contribution in [0.5, 0.6) is 0 Å². The normalized spacial score (nSPS) is 13.3. The Bertz CT molecular complexity index is 3100. The predicted octanol–water partition coefficient (Wildman–Crippen LogP) is 12.7. The second-order valence-electron chi connectivity index (χ2n) is 14.5. The molecule has 0 N–H and O–H groups in total. The highest BCUT2D eigenvalue weighted by atomic mass is 15.2. The van der Waals surface area contributed by atoms with Gasteiger partial charge in [-0.25, -0.2) is 9.97 Å². The largest absolute Gasteiger partial charge is 0.277 e. The summed E-state index contributed by atoms with van der Waals surface area (Å²) < 4.78 is 2.38. The first kappa shape index (κ1) is 29.2. The zero-order valence-electron chi connectivity index (χ0n) is 28.9. The van der Waals surface area contributed by atoms with Crippen molar-refractivity contribution in [2.45, 2.75) is 19.3 Å². The van der Waals surface area contributed by atoms with Gasteiger partial charge in [0, 0.05) is 38.1 Å². The average molecular weight is 664 g/mol. The van der Waals surface area contributed by atoms with Gasteiger partial charge < -0.3 is 0 Å². The molecule has 0 fully saturated rings. The van der Waals surface area contributed by atoms with Gasteiger partial charge in [0.15, 0.2) is 0 Å². The Kier molecular flexibility index (Phi) is 6.01. The van der Waals surface area contributed by atoms with Gasteiger partial charge in [-0.15, -0.1) is 0 Å². The summed E-state index contributed by atoms with van der Waals surface area (Å²) in [7, 11) is 0. The third kappa shape index (κ3) is 3.91. The number of hydrogen-bond acceptors (Lipinski definition) is 2. The van der Waals surface area contributed by atoms with Crippen LogP contribution in [0.4, 0.5) is 0 Å². The monoisotopic (exact) mass is 663 g/mol. The standard InChI is InChI=1S/C49H33N3/c1-49(2)41-28-12-10-20-33(41)35-24-14-25-36(44(35)49)38-26-15-27-40-43-34-21-8-6-18-31(34)32-19-7-9-22-37(32)47(43)52(46(38)40)48-50-42-29-13-11-23-39(42)45(51-48)30-16-4-3-5-17-30/h3-29H,1-2H3. The zero-order valence-corrected chi connectivity index (χ0v) is 28.9. The summed E-state index contributed by atoms with van der Waals surface area (Å²) in [6.07, 6.45) is 0. The molecule has 0 saturated heterocycles. The van der Waals surface area contributed by atoms with Gasteiger partial charge in [0.2, 0.25) is 5.95 Å². The van der Waals surface area contributed by atoms with Crippen molar-refractivity contribution in [2.75, 3.05) is 0 Å². The van der Waals surface area contributed by atoms with Crippen molar-refractivity contribution in [1.29, 1.82) is 0 Å². The van der Waals surface area contributed by atoms with E-state index in [-0.39, 0.29) is 5.41 Å².